The van der Waals surface area contributed by atoms with Gasteiger partial charge in [0, 0.05) is 22.2 Å². The molecule has 0 aliphatic carbocycles. The molecule has 4 heteroatoms. The zero-order valence-corrected chi connectivity index (χ0v) is 11.4. The maximum Gasteiger partial charge on any atom is 0.127 e. The predicted molar refractivity (Wildman–Crippen MR) is 73.5 cm³/mol. The third-order valence-electron chi connectivity index (χ3n) is 3.19. The number of thiophene rings is 1. The molecule has 0 fully saturated rings. The Morgan fingerprint density at radius 3 is 2.71 bits per heavy atom. The van der Waals surface area contributed by atoms with E-state index in [2.05, 4.69) is 36.8 Å². The molecule has 3 nitrogen and oxygen atoms in total. The number of nitrogens with zero attached hydrogens (tertiary/aromatic N) is 2. The van der Waals surface area contributed by atoms with Crippen LogP contribution in [-0.4, -0.2) is 16.0 Å². The van der Waals surface area contributed by atoms with Crippen LogP contribution in [0.25, 0.3) is 10.2 Å². The van der Waals surface area contributed by atoms with Crippen LogP contribution in [0.4, 0.5) is 0 Å². The molecule has 0 aliphatic heterocycles. The summed E-state index contributed by atoms with van der Waals surface area (Å²) >= 11 is 1.76. The first-order valence-electron chi connectivity index (χ1n) is 6.16. The average molecular weight is 249 g/mol. The molecular formula is C13H19N3S. The SMILES string of the molecule is CCc1cc2c(C(CC)C(C)N)ncnc2s1. The molecule has 0 aliphatic rings. The molecule has 17 heavy (non-hydrogen) atoms. The molecule has 2 atom stereocenters. The van der Waals surface area contributed by atoms with Gasteiger partial charge in [-0.2, -0.15) is 0 Å². The number of hydrogen-bond donors (Lipinski definition) is 1. The minimum atomic E-state index is 0.128. The molecule has 2 rings (SSSR count). The molecule has 0 radical (unpaired) electrons. The molecule has 0 saturated heterocycles. The van der Waals surface area contributed by atoms with Gasteiger partial charge in [0.1, 0.15) is 11.2 Å². The van der Waals surface area contributed by atoms with E-state index >= 15 is 0 Å². The highest BCUT2D eigenvalue weighted by atomic mass is 32.1. The minimum absolute atomic E-state index is 0.128. The molecule has 0 bridgehead atoms. The molecule has 2 aromatic rings. The fourth-order valence-corrected chi connectivity index (χ4v) is 3.15. The topological polar surface area (TPSA) is 51.8 Å². The van der Waals surface area contributed by atoms with Gasteiger partial charge in [0.15, 0.2) is 0 Å². The zero-order chi connectivity index (χ0) is 12.4. The monoisotopic (exact) mass is 249 g/mol. The van der Waals surface area contributed by atoms with Gasteiger partial charge < -0.3 is 5.73 Å². The number of nitrogens with two attached hydrogens (primary N) is 1. The molecule has 2 unspecified atom stereocenters. The summed E-state index contributed by atoms with van der Waals surface area (Å²) in [5.74, 6) is 0.319. The van der Waals surface area contributed by atoms with Gasteiger partial charge in [-0.3, -0.25) is 0 Å². The molecule has 0 amide bonds. The van der Waals surface area contributed by atoms with Crippen LogP contribution in [-0.2, 0) is 6.42 Å². The highest BCUT2D eigenvalue weighted by Crippen LogP contribution is 2.31. The van der Waals surface area contributed by atoms with Crippen molar-refractivity contribution in [2.24, 2.45) is 5.73 Å². The lowest BCUT2D eigenvalue weighted by Crippen LogP contribution is -2.25. The van der Waals surface area contributed by atoms with Crippen molar-refractivity contribution in [1.82, 2.24) is 9.97 Å². The number of aryl methyl sites for hydroxylation is 1. The van der Waals surface area contributed by atoms with Gasteiger partial charge in [-0.05, 0) is 25.8 Å². The average Bonchev–Trinajstić information content (AvgIpc) is 2.73. The van der Waals surface area contributed by atoms with Gasteiger partial charge in [0.2, 0.25) is 0 Å². The zero-order valence-electron chi connectivity index (χ0n) is 10.6. The van der Waals surface area contributed by atoms with Crippen LogP contribution in [0, 0.1) is 0 Å². The Bertz CT molecular complexity index is 504. The smallest absolute Gasteiger partial charge is 0.127 e. The Morgan fingerprint density at radius 2 is 2.12 bits per heavy atom. The summed E-state index contributed by atoms with van der Waals surface area (Å²) in [6.07, 6.45) is 3.73. The first-order valence-corrected chi connectivity index (χ1v) is 6.97. The van der Waals surface area contributed by atoms with E-state index in [0.717, 1.165) is 23.4 Å². The van der Waals surface area contributed by atoms with Crippen LogP contribution < -0.4 is 5.73 Å². The van der Waals surface area contributed by atoms with Crippen LogP contribution in [0.5, 0.6) is 0 Å². The van der Waals surface area contributed by atoms with E-state index in [1.807, 2.05) is 0 Å². The second-order valence-corrected chi connectivity index (χ2v) is 5.53. The third-order valence-corrected chi connectivity index (χ3v) is 4.37. The van der Waals surface area contributed by atoms with E-state index in [1.54, 1.807) is 17.7 Å². The summed E-state index contributed by atoms with van der Waals surface area (Å²) in [6, 6.07) is 2.35. The van der Waals surface area contributed by atoms with Gasteiger partial charge in [0.25, 0.3) is 0 Å². The lowest BCUT2D eigenvalue weighted by atomic mass is 9.93. The van der Waals surface area contributed by atoms with Gasteiger partial charge in [-0.15, -0.1) is 11.3 Å². The van der Waals surface area contributed by atoms with E-state index in [9.17, 15) is 0 Å². The molecule has 92 valence electrons. The Balaban J connectivity index is 2.56. The fourth-order valence-electron chi connectivity index (χ4n) is 2.21. The van der Waals surface area contributed by atoms with Crippen molar-refractivity contribution in [3.63, 3.8) is 0 Å². The maximum absolute atomic E-state index is 6.05. The van der Waals surface area contributed by atoms with Gasteiger partial charge in [-0.1, -0.05) is 13.8 Å². The summed E-state index contributed by atoms with van der Waals surface area (Å²) in [5.41, 5.74) is 7.17. The van der Waals surface area contributed by atoms with Gasteiger partial charge in [-0.25, -0.2) is 9.97 Å². The highest BCUT2D eigenvalue weighted by molar-refractivity contribution is 7.18. The van der Waals surface area contributed by atoms with Crippen LogP contribution >= 0.6 is 11.3 Å². The van der Waals surface area contributed by atoms with Crippen LogP contribution in [0.15, 0.2) is 12.4 Å². The van der Waals surface area contributed by atoms with Crippen LogP contribution in [0.2, 0.25) is 0 Å². The number of aromatic nitrogens is 2. The maximum atomic E-state index is 6.05. The standard InChI is InChI=1S/C13H19N3S/c1-4-9-6-11-12(10(5-2)8(3)14)15-7-16-13(11)17-9/h6-8,10H,4-5,14H2,1-3H3. The highest BCUT2D eigenvalue weighted by Gasteiger charge is 2.19. The third kappa shape index (κ3) is 2.33. The number of rotatable bonds is 4. The van der Waals surface area contributed by atoms with Crippen molar-refractivity contribution in [3.05, 3.63) is 23.0 Å². The van der Waals surface area contributed by atoms with E-state index in [1.165, 1.54) is 10.3 Å². The predicted octanol–water partition coefficient (Wildman–Crippen LogP) is 3.09. The molecule has 0 saturated carbocycles. The van der Waals surface area contributed by atoms with Gasteiger partial charge >= 0.3 is 0 Å². The summed E-state index contributed by atoms with van der Waals surface area (Å²) < 4.78 is 0. The lowest BCUT2D eigenvalue weighted by molar-refractivity contribution is 0.543. The van der Waals surface area contributed by atoms with Crippen molar-refractivity contribution in [1.29, 1.82) is 0 Å². The Hall–Kier alpha value is -1.00. The van der Waals surface area contributed by atoms with Crippen molar-refractivity contribution >= 4 is 21.6 Å². The Morgan fingerprint density at radius 1 is 1.35 bits per heavy atom. The van der Waals surface area contributed by atoms with E-state index < -0.39 is 0 Å². The van der Waals surface area contributed by atoms with E-state index in [0.29, 0.717) is 5.92 Å². The molecular weight excluding hydrogens is 230 g/mol. The quantitative estimate of drug-likeness (QED) is 0.906. The summed E-state index contributed by atoms with van der Waals surface area (Å²) in [4.78, 5) is 11.3. The molecule has 2 heterocycles. The number of hydrogen-bond acceptors (Lipinski definition) is 4. The van der Waals surface area contributed by atoms with E-state index in [-0.39, 0.29) is 6.04 Å². The first-order chi connectivity index (χ1) is 8.17. The Labute approximate surface area is 106 Å². The van der Waals surface area contributed by atoms with Crippen molar-refractivity contribution < 1.29 is 0 Å². The number of fused-ring (bicyclic) bond motifs is 1. The molecule has 0 aromatic carbocycles. The summed E-state index contributed by atoms with van der Waals surface area (Å²) in [5, 5.41) is 1.19. The van der Waals surface area contributed by atoms with Crippen LogP contribution in [0.3, 0.4) is 0 Å². The largest absolute Gasteiger partial charge is 0.327 e. The first kappa shape index (κ1) is 12.5. The Kier molecular flexibility index (Phi) is 3.74. The van der Waals surface area contributed by atoms with Crippen molar-refractivity contribution in [2.45, 2.75) is 45.6 Å². The van der Waals surface area contributed by atoms with Crippen molar-refractivity contribution in [3.8, 4) is 0 Å². The van der Waals surface area contributed by atoms with E-state index in [4.69, 9.17) is 5.73 Å². The van der Waals surface area contributed by atoms with Crippen LogP contribution in [0.1, 0.15) is 43.7 Å². The minimum Gasteiger partial charge on any atom is -0.327 e. The molecule has 0 spiro atoms. The summed E-state index contributed by atoms with van der Waals surface area (Å²) in [6.45, 7) is 6.38. The molecule has 2 N–H and O–H groups in total. The summed E-state index contributed by atoms with van der Waals surface area (Å²) in [7, 11) is 0. The normalized spacial score (nSPS) is 15.1. The van der Waals surface area contributed by atoms with Gasteiger partial charge in [0.05, 0.1) is 5.69 Å². The second kappa shape index (κ2) is 5.10. The second-order valence-electron chi connectivity index (χ2n) is 4.42. The molecule has 2 aromatic heterocycles. The lowest BCUT2D eigenvalue weighted by Gasteiger charge is -2.18. The fraction of sp³-hybridized carbons (Fsp3) is 0.538. The van der Waals surface area contributed by atoms with Crippen molar-refractivity contribution in [2.75, 3.05) is 0 Å².